The minimum Gasteiger partial charge on any atom is -0.496 e. The van der Waals surface area contributed by atoms with E-state index in [9.17, 15) is 13.2 Å². The van der Waals surface area contributed by atoms with Gasteiger partial charge in [0.1, 0.15) is 5.75 Å². The van der Waals surface area contributed by atoms with E-state index in [0.29, 0.717) is 22.9 Å². The number of sulfonamides is 1. The first-order valence-electron chi connectivity index (χ1n) is 9.73. The molecule has 160 valence electrons. The lowest BCUT2D eigenvalue weighted by Crippen LogP contribution is -2.26. The fraction of sp³-hybridized carbons (Fsp3) is 0.318. The summed E-state index contributed by atoms with van der Waals surface area (Å²) < 4.78 is 33.6. The number of rotatable bonds is 8. The minimum absolute atomic E-state index is 0.0964. The number of nitrogens with one attached hydrogen (secondary N) is 1. The molecule has 1 amide bonds. The van der Waals surface area contributed by atoms with E-state index in [1.165, 1.54) is 22.7 Å². The molecule has 2 aromatic carbocycles. The molecule has 0 saturated carbocycles. The topological polar surface area (TPSA) is 75.7 Å². The van der Waals surface area contributed by atoms with Crippen molar-refractivity contribution in [2.24, 2.45) is 0 Å². The van der Waals surface area contributed by atoms with Crippen LogP contribution in [0.1, 0.15) is 35.0 Å². The smallest absolute Gasteiger partial charge is 0.264 e. The molecule has 30 heavy (non-hydrogen) atoms. The number of methoxy groups -OCH3 is 1. The molecule has 0 radical (unpaired) electrons. The SMILES string of the molecule is CCCCNC(=O)c1cc2cc(N(C)S(=O)(=O)c3ccc(OC)c(C)c3)ccc2s1. The standard InChI is InChI=1S/C22H26N2O4S2/c1-5-6-11-23-22(25)21-14-16-13-17(7-10-20(16)29-21)24(3)30(26,27)18-8-9-19(28-4)15(2)12-18/h7-10,12-14H,5-6,11H2,1-4H3,(H,23,25). The predicted octanol–water partition coefficient (Wildman–Crippen LogP) is 4.57. The molecule has 0 spiro atoms. The number of hydrogen-bond donors (Lipinski definition) is 1. The summed E-state index contributed by atoms with van der Waals surface area (Å²) in [6.45, 7) is 4.53. The lowest BCUT2D eigenvalue weighted by Gasteiger charge is -2.20. The van der Waals surface area contributed by atoms with Crippen molar-refractivity contribution in [3.05, 3.63) is 52.9 Å². The molecule has 0 fully saturated rings. The second kappa shape index (κ2) is 9.06. The van der Waals surface area contributed by atoms with Gasteiger partial charge in [-0.05, 0) is 66.8 Å². The third-order valence-corrected chi connectivity index (χ3v) is 7.82. The van der Waals surface area contributed by atoms with E-state index in [4.69, 9.17) is 4.74 Å². The summed E-state index contributed by atoms with van der Waals surface area (Å²) >= 11 is 1.40. The normalized spacial score (nSPS) is 11.5. The number of amides is 1. The molecule has 0 atom stereocenters. The van der Waals surface area contributed by atoms with Crippen molar-refractivity contribution in [2.75, 3.05) is 25.0 Å². The van der Waals surface area contributed by atoms with E-state index in [1.54, 1.807) is 37.4 Å². The highest BCUT2D eigenvalue weighted by molar-refractivity contribution is 7.92. The molecule has 0 saturated heterocycles. The van der Waals surface area contributed by atoms with Crippen LogP contribution in [0, 0.1) is 6.92 Å². The second-order valence-corrected chi connectivity index (χ2v) is 10.1. The Morgan fingerprint density at radius 3 is 2.60 bits per heavy atom. The molecule has 3 rings (SSSR count). The van der Waals surface area contributed by atoms with Gasteiger partial charge in [0, 0.05) is 18.3 Å². The van der Waals surface area contributed by atoms with Gasteiger partial charge >= 0.3 is 0 Å². The van der Waals surface area contributed by atoms with Crippen molar-refractivity contribution < 1.29 is 17.9 Å². The summed E-state index contributed by atoms with van der Waals surface area (Å²) in [5, 5.41) is 3.75. The van der Waals surface area contributed by atoms with E-state index in [2.05, 4.69) is 12.2 Å². The average molecular weight is 447 g/mol. The number of carbonyl (C=O) groups is 1. The molecule has 6 nitrogen and oxygen atoms in total. The van der Waals surface area contributed by atoms with Crippen molar-refractivity contribution in [1.82, 2.24) is 5.32 Å². The van der Waals surface area contributed by atoms with Gasteiger partial charge in [-0.2, -0.15) is 0 Å². The zero-order valence-electron chi connectivity index (χ0n) is 17.6. The van der Waals surface area contributed by atoms with Crippen molar-refractivity contribution in [2.45, 2.75) is 31.6 Å². The van der Waals surface area contributed by atoms with Gasteiger partial charge in [-0.1, -0.05) is 13.3 Å². The summed E-state index contributed by atoms with van der Waals surface area (Å²) in [4.78, 5) is 13.1. The van der Waals surface area contributed by atoms with Crippen LogP contribution in [0.15, 0.2) is 47.4 Å². The lowest BCUT2D eigenvalue weighted by molar-refractivity contribution is 0.0957. The molecule has 3 aromatic rings. The number of fused-ring (bicyclic) bond motifs is 1. The number of anilines is 1. The lowest BCUT2D eigenvalue weighted by atomic mass is 10.2. The first-order valence-corrected chi connectivity index (χ1v) is 12.0. The van der Waals surface area contributed by atoms with E-state index < -0.39 is 10.0 Å². The first kappa shape index (κ1) is 22.1. The highest BCUT2D eigenvalue weighted by Crippen LogP contribution is 2.32. The van der Waals surface area contributed by atoms with Gasteiger partial charge in [0.25, 0.3) is 15.9 Å². The van der Waals surface area contributed by atoms with Crippen LogP contribution in [0.25, 0.3) is 10.1 Å². The Labute approximate surface area is 181 Å². The van der Waals surface area contributed by atoms with Crippen LogP contribution in [0.3, 0.4) is 0 Å². The highest BCUT2D eigenvalue weighted by Gasteiger charge is 2.23. The van der Waals surface area contributed by atoms with Crippen molar-refractivity contribution in [1.29, 1.82) is 0 Å². The summed E-state index contributed by atoms with van der Waals surface area (Å²) in [6, 6.07) is 12.0. The molecule has 0 aliphatic rings. The molecule has 0 unspecified atom stereocenters. The number of hydrogen-bond acceptors (Lipinski definition) is 5. The van der Waals surface area contributed by atoms with Crippen LogP contribution in [0.2, 0.25) is 0 Å². The monoisotopic (exact) mass is 446 g/mol. The molecule has 8 heteroatoms. The van der Waals surface area contributed by atoms with Gasteiger partial charge < -0.3 is 10.1 Å². The molecule has 1 heterocycles. The van der Waals surface area contributed by atoms with Crippen molar-refractivity contribution in [3.8, 4) is 5.75 Å². The summed E-state index contributed by atoms with van der Waals surface area (Å²) in [6.07, 6.45) is 1.96. The number of benzene rings is 2. The quantitative estimate of drug-likeness (QED) is 0.514. The maximum Gasteiger partial charge on any atom is 0.264 e. The molecule has 1 N–H and O–H groups in total. The van der Waals surface area contributed by atoms with E-state index in [0.717, 1.165) is 28.5 Å². The maximum atomic E-state index is 13.1. The Morgan fingerprint density at radius 1 is 1.17 bits per heavy atom. The summed E-state index contributed by atoms with van der Waals surface area (Å²) in [5.74, 6) is 0.543. The van der Waals surface area contributed by atoms with Crippen LogP contribution >= 0.6 is 11.3 Å². The van der Waals surface area contributed by atoms with Crippen LogP contribution in [0.4, 0.5) is 5.69 Å². The minimum atomic E-state index is -3.73. The first-order chi connectivity index (χ1) is 14.3. The Bertz CT molecular complexity index is 1170. The number of aryl methyl sites for hydroxylation is 1. The Kier molecular flexibility index (Phi) is 6.67. The van der Waals surface area contributed by atoms with E-state index in [1.807, 2.05) is 19.1 Å². The fourth-order valence-corrected chi connectivity index (χ4v) is 5.35. The summed E-state index contributed by atoms with van der Waals surface area (Å²) in [7, 11) is -0.650. The number of ether oxygens (including phenoxy) is 1. The van der Waals surface area contributed by atoms with Crippen LogP contribution in [-0.2, 0) is 10.0 Å². The third kappa shape index (κ3) is 4.44. The maximum absolute atomic E-state index is 13.1. The Balaban J connectivity index is 1.88. The van der Waals surface area contributed by atoms with Crippen molar-refractivity contribution in [3.63, 3.8) is 0 Å². The zero-order valence-corrected chi connectivity index (χ0v) is 19.2. The van der Waals surface area contributed by atoms with E-state index >= 15 is 0 Å². The average Bonchev–Trinajstić information content (AvgIpc) is 3.16. The van der Waals surface area contributed by atoms with Gasteiger partial charge in [0.05, 0.1) is 22.6 Å². The largest absolute Gasteiger partial charge is 0.496 e. The number of carbonyl (C=O) groups excluding carboxylic acids is 1. The molecule has 0 aliphatic carbocycles. The highest BCUT2D eigenvalue weighted by atomic mass is 32.2. The van der Waals surface area contributed by atoms with Crippen LogP contribution < -0.4 is 14.4 Å². The molecule has 0 aliphatic heterocycles. The van der Waals surface area contributed by atoms with Crippen LogP contribution in [0.5, 0.6) is 5.75 Å². The van der Waals surface area contributed by atoms with Gasteiger partial charge in [-0.3, -0.25) is 9.10 Å². The van der Waals surface area contributed by atoms with E-state index in [-0.39, 0.29) is 10.8 Å². The number of nitrogens with zero attached hydrogens (tertiary/aromatic N) is 1. The third-order valence-electron chi connectivity index (χ3n) is 4.93. The molecular weight excluding hydrogens is 420 g/mol. The van der Waals surface area contributed by atoms with Gasteiger partial charge in [-0.25, -0.2) is 8.42 Å². The van der Waals surface area contributed by atoms with Crippen molar-refractivity contribution >= 4 is 43.0 Å². The fourth-order valence-electron chi connectivity index (χ4n) is 3.11. The van der Waals surface area contributed by atoms with Gasteiger partial charge in [0.2, 0.25) is 0 Å². The Hall–Kier alpha value is -2.58. The zero-order chi connectivity index (χ0) is 21.9. The number of thiophene rings is 1. The van der Waals surface area contributed by atoms with Crippen LogP contribution in [-0.4, -0.2) is 35.0 Å². The Morgan fingerprint density at radius 2 is 1.93 bits per heavy atom. The molecular formula is C22H26N2O4S2. The molecule has 1 aromatic heterocycles. The predicted molar refractivity (Wildman–Crippen MR) is 122 cm³/mol. The molecule has 0 bridgehead atoms. The number of unbranched alkanes of at least 4 members (excludes halogenated alkanes) is 1. The van der Waals surface area contributed by atoms with Gasteiger partial charge in [-0.15, -0.1) is 11.3 Å². The second-order valence-electron chi connectivity index (χ2n) is 7.05. The summed E-state index contributed by atoms with van der Waals surface area (Å²) in [5.41, 5.74) is 1.28. The van der Waals surface area contributed by atoms with Gasteiger partial charge in [0.15, 0.2) is 0 Å².